The Kier molecular flexibility index (Phi) is 8.77. The van der Waals surface area contributed by atoms with E-state index < -0.39 is 6.09 Å². The fourth-order valence-corrected chi connectivity index (χ4v) is 3.59. The second-order valence-electron chi connectivity index (χ2n) is 7.51. The summed E-state index contributed by atoms with van der Waals surface area (Å²) in [6, 6.07) is 9.34. The second kappa shape index (κ2) is 11.1. The van der Waals surface area contributed by atoms with Gasteiger partial charge in [0.1, 0.15) is 0 Å². The van der Waals surface area contributed by atoms with Crippen LogP contribution in [0.2, 0.25) is 0 Å². The first kappa shape index (κ1) is 22.2. The van der Waals surface area contributed by atoms with Crippen LogP contribution in [-0.2, 0) is 4.79 Å². The number of amides is 2. The fraction of sp³-hybridized carbons (Fsp3) is 0.636. The highest BCUT2D eigenvalue weighted by Gasteiger charge is 2.35. The molecule has 0 spiro atoms. The monoisotopic (exact) mass is 389 g/mol. The van der Waals surface area contributed by atoms with Crippen molar-refractivity contribution >= 4 is 12.0 Å². The Balaban J connectivity index is 0.000000345. The molecule has 1 aliphatic carbocycles. The van der Waals surface area contributed by atoms with E-state index in [1.165, 1.54) is 37.4 Å². The van der Waals surface area contributed by atoms with Gasteiger partial charge >= 0.3 is 6.09 Å². The molecule has 6 nitrogen and oxygen atoms in total. The van der Waals surface area contributed by atoms with Crippen LogP contribution in [-0.4, -0.2) is 71.1 Å². The standard InChI is InChI=1S/C16H20N2O3.C6H15N/c19-15-8-9-18(16(20)21)14(13-4-2-1-3-5-13)11-17(15)10-12-6-7-12;1-4-7(5-2)6-3/h1-5,12,14H,6-11H2,(H,20,21);4-6H2,1-3H3. The Morgan fingerprint density at radius 3 is 2.18 bits per heavy atom. The van der Waals surface area contributed by atoms with Gasteiger partial charge in [-0.2, -0.15) is 0 Å². The summed E-state index contributed by atoms with van der Waals surface area (Å²) in [4.78, 5) is 29.4. The molecule has 1 aliphatic heterocycles. The smallest absolute Gasteiger partial charge is 0.407 e. The first-order chi connectivity index (χ1) is 13.5. The predicted octanol–water partition coefficient (Wildman–Crippen LogP) is 3.70. The molecule has 2 aliphatic rings. The molecule has 1 saturated heterocycles. The molecule has 28 heavy (non-hydrogen) atoms. The quantitative estimate of drug-likeness (QED) is 0.806. The van der Waals surface area contributed by atoms with Crippen molar-refractivity contribution in [3.8, 4) is 0 Å². The van der Waals surface area contributed by atoms with Gasteiger partial charge < -0.3 is 14.9 Å². The second-order valence-corrected chi connectivity index (χ2v) is 7.51. The molecule has 0 bridgehead atoms. The average molecular weight is 390 g/mol. The van der Waals surface area contributed by atoms with Crippen molar-refractivity contribution in [1.82, 2.24) is 14.7 Å². The number of carbonyl (C=O) groups excluding carboxylic acids is 1. The number of nitrogens with zero attached hydrogens (tertiary/aromatic N) is 3. The summed E-state index contributed by atoms with van der Waals surface area (Å²) in [5, 5.41) is 9.46. The molecular formula is C22H35N3O3. The van der Waals surface area contributed by atoms with Gasteiger partial charge in [0.25, 0.3) is 0 Å². The highest BCUT2D eigenvalue weighted by Crippen LogP contribution is 2.32. The molecule has 0 radical (unpaired) electrons. The number of carboxylic acid groups (broad SMARTS) is 1. The highest BCUT2D eigenvalue weighted by molar-refractivity contribution is 5.78. The Morgan fingerprint density at radius 1 is 1.11 bits per heavy atom. The minimum Gasteiger partial charge on any atom is -0.465 e. The lowest BCUT2D eigenvalue weighted by atomic mass is 10.1. The third-order valence-corrected chi connectivity index (χ3v) is 5.64. The Morgan fingerprint density at radius 2 is 1.71 bits per heavy atom. The lowest BCUT2D eigenvalue weighted by Gasteiger charge is -2.30. The van der Waals surface area contributed by atoms with Crippen molar-refractivity contribution in [3.63, 3.8) is 0 Å². The van der Waals surface area contributed by atoms with E-state index in [1.807, 2.05) is 35.2 Å². The summed E-state index contributed by atoms with van der Waals surface area (Å²) in [5.74, 6) is 0.688. The van der Waals surface area contributed by atoms with Gasteiger partial charge in [-0.3, -0.25) is 9.69 Å². The summed E-state index contributed by atoms with van der Waals surface area (Å²) >= 11 is 0. The van der Waals surface area contributed by atoms with Crippen LogP contribution in [0.3, 0.4) is 0 Å². The van der Waals surface area contributed by atoms with Gasteiger partial charge in [-0.15, -0.1) is 0 Å². The van der Waals surface area contributed by atoms with E-state index in [9.17, 15) is 14.7 Å². The molecule has 1 heterocycles. The first-order valence-corrected chi connectivity index (χ1v) is 10.5. The number of benzene rings is 1. The maximum Gasteiger partial charge on any atom is 0.407 e. The number of carbonyl (C=O) groups is 2. The van der Waals surface area contributed by atoms with Gasteiger partial charge in [0.15, 0.2) is 0 Å². The Hall–Kier alpha value is -2.08. The van der Waals surface area contributed by atoms with Crippen molar-refractivity contribution in [2.45, 2.75) is 46.1 Å². The van der Waals surface area contributed by atoms with Crippen LogP contribution in [0.5, 0.6) is 0 Å². The zero-order chi connectivity index (χ0) is 20.5. The van der Waals surface area contributed by atoms with Crippen LogP contribution in [0.4, 0.5) is 4.79 Å². The van der Waals surface area contributed by atoms with E-state index in [0.717, 1.165) is 12.1 Å². The van der Waals surface area contributed by atoms with Gasteiger partial charge in [0.05, 0.1) is 6.04 Å². The molecule has 0 aromatic heterocycles. The van der Waals surface area contributed by atoms with Crippen molar-refractivity contribution in [1.29, 1.82) is 0 Å². The molecule has 3 rings (SSSR count). The predicted molar refractivity (Wildman–Crippen MR) is 111 cm³/mol. The zero-order valence-electron chi connectivity index (χ0n) is 17.5. The molecule has 1 aromatic rings. The molecule has 1 aromatic carbocycles. The number of rotatable bonds is 6. The van der Waals surface area contributed by atoms with Crippen LogP contribution < -0.4 is 0 Å². The summed E-state index contributed by atoms with van der Waals surface area (Å²) in [6.07, 6.45) is 1.69. The van der Waals surface area contributed by atoms with Crippen LogP contribution >= 0.6 is 0 Å². The van der Waals surface area contributed by atoms with E-state index in [0.29, 0.717) is 12.5 Å². The fourth-order valence-electron chi connectivity index (χ4n) is 3.59. The largest absolute Gasteiger partial charge is 0.465 e. The van der Waals surface area contributed by atoms with E-state index in [2.05, 4.69) is 25.7 Å². The molecule has 2 amide bonds. The molecule has 1 N–H and O–H groups in total. The molecule has 156 valence electrons. The molecule has 2 fully saturated rings. The van der Waals surface area contributed by atoms with Crippen molar-refractivity contribution in [2.24, 2.45) is 5.92 Å². The van der Waals surface area contributed by atoms with Gasteiger partial charge in [0.2, 0.25) is 5.91 Å². The molecule has 6 heteroatoms. The van der Waals surface area contributed by atoms with E-state index in [4.69, 9.17) is 0 Å². The van der Waals surface area contributed by atoms with Crippen molar-refractivity contribution in [3.05, 3.63) is 35.9 Å². The lowest BCUT2D eigenvalue weighted by Crippen LogP contribution is -2.39. The number of hydrogen-bond acceptors (Lipinski definition) is 3. The third kappa shape index (κ3) is 6.51. The van der Waals surface area contributed by atoms with Crippen molar-refractivity contribution < 1.29 is 14.7 Å². The van der Waals surface area contributed by atoms with Gasteiger partial charge in [-0.1, -0.05) is 51.1 Å². The molecule has 1 saturated carbocycles. The highest BCUT2D eigenvalue weighted by atomic mass is 16.4. The van der Waals surface area contributed by atoms with Crippen molar-refractivity contribution in [2.75, 3.05) is 39.3 Å². The van der Waals surface area contributed by atoms with E-state index >= 15 is 0 Å². The third-order valence-electron chi connectivity index (χ3n) is 5.64. The van der Waals surface area contributed by atoms with Gasteiger partial charge in [-0.25, -0.2) is 4.79 Å². The van der Waals surface area contributed by atoms with E-state index in [-0.39, 0.29) is 24.9 Å². The molecule has 1 atom stereocenters. The van der Waals surface area contributed by atoms with Gasteiger partial charge in [0, 0.05) is 26.1 Å². The summed E-state index contributed by atoms with van der Waals surface area (Å²) in [6.45, 7) is 11.6. The molecular weight excluding hydrogens is 354 g/mol. The lowest BCUT2D eigenvalue weighted by molar-refractivity contribution is -0.130. The summed E-state index contributed by atoms with van der Waals surface area (Å²) in [5.41, 5.74) is 0.954. The zero-order valence-corrected chi connectivity index (χ0v) is 17.5. The summed E-state index contributed by atoms with van der Waals surface area (Å²) < 4.78 is 0. The average Bonchev–Trinajstić information content (AvgIpc) is 3.53. The maximum atomic E-state index is 12.2. The normalized spacial score (nSPS) is 19.9. The topological polar surface area (TPSA) is 64.1 Å². The Bertz CT molecular complexity index is 609. The van der Waals surface area contributed by atoms with Crippen LogP contribution in [0.15, 0.2) is 30.3 Å². The summed E-state index contributed by atoms with van der Waals surface area (Å²) in [7, 11) is 0. The SMILES string of the molecule is CCN(CC)CC.O=C1CCN(C(=O)O)C(c2ccccc2)CN1CC1CC1. The molecule has 1 unspecified atom stereocenters. The number of hydrogen-bond donors (Lipinski definition) is 1. The minimum atomic E-state index is -0.954. The van der Waals surface area contributed by atoms with Crippen LogP contribution in [0.1, 0.15) is 51.6 Å². The first-order valence-electron chi connectivity index (χ1n) is 10.5. The maximum absolute atomic E-state index is 12.2. The van der Waals surface area contributed by atoms with E-state index in [1.54, 1.807) is 0 Å². The van der Waals surface area contributed by atoms with Gasteiger partial charge in [-0.05, 0) is 44.0 Å². The minimum absolute atomic E-state index is 0.0755. The Labute approximate surface area is 169 Å². The van der Waals surface area contributed by atoms with Crippen LogP contribution in [0.25, 0.3) is 0 Å². The van der Waals surface area contributed by atoms with Crippen LogP contribution in [0, 0.1) is 5.92 Å².